The van der Waals surface area contributed by atoms with Crippen LogP contribution in [-0.4, -0.2) is 19.7 Å². The van der Waals surface area contributed by atoms with Gasteiger partial charge in [0.05, 0.1) is 6.54 Å². The topological polar surface area (TPSA) is 79.4 Å². The Kier molecular flexibility index (Phi) is 3.43. The molecule has 0 atom stereocenters. The smallest absolute Gasteiger partial charge is 0.164 e. The second-order valence-electron chi connectivity index (χ2n) is 3.56. The third-order valence-electron chi connectivity index (χ3n) is 2.24. The summed E-state index contributed by atoms with van der Waals surface area (Å²) in [5.41, 5.74) is 1.33. The van der Waals surface area contributed by atoms with Crippen molar-refractivity contribution in [2.24, 2.45) is 7.05 Å². The molecule has 1 N–H and O–H groups in total. The van der Waals surface area contributed by atoms with Crippen LogP contribution in [0.5, 0.6) is 0 Å². The number of nitrogens with one attached hydrogen (secondary N) is 1. The Balaban J connectivity index is 1.92. The number of aryl methyl sites for hydroxylation is 1. The van der Waals surface area contributed by atoms with Gasteiger partial charge < -0.3 is 5.32 Å². The van der Waals surface area contributed by atoms with Crippen molar-refractivity contribution in [2.75, 3.05) is 0 Å². The molecular weight excluding hydrogens is 216 g/mol. The Hall–Kier alpha value is -2.26. The van der Waals surface area contributed by atoms with Gasteiger partial charge in [-0.05, 0) is 6.07 Å². The summed E-state index contributed by atoms with van der Waals surface area (Å²) in [7, 11) is 1.82. The summed E-state index contributed by atoms with van der Waals surface area (Å²) < 4.78 is 1.65. The molecule has 0 amide bonds. The lowest BCUT2D eigenvalue weighted by Gasteiger charge is -2.03. The minimum absolute atomic E-state index is 0.453. The standard InChI is InChI=1S/C11H12N6/c1-17-8-15-11(16-17)7-13-6-9-3-2-4-14-10(9)5-12/h2-4,8,13H,6-7H2,1H3. The van der Waals surface area contributed by atoms with Crippen molar-refractivity contribution >= 4 is 0 Å². The fourth-order valence-electron chi connectivity index (χ4n) is 1.46. The first-order valence-corrected chi connectivity index (χ1v) is 5.19. The van der Waals surface area contributed by atoms with E-state index in [0.717, 1.165) is 11.4 Å². The Morgan fingerprint density at radius 1 is 1.41 bits per heavy atom. The number of nitrogens with zero attached hydrogens (tertiary/aromatic N) is 5. The molecule has 0 radical (unpaired) electrons. The van der Waals surface area contributed by atoms with E-state index < -0.39 is 0 Å². The van der Waals surface area contributed by atoms with Crippen molar-refractivity contribution in [1.29, 1.82) is 5.26 Å². The van der Waals surface area contributed by atoms with Crippen LogP contribution in [0.3, 0.4) is 0 Å². The van der Waals surface area contributed by atoms with E-state index in [0.29, 0.717) is 18.8 Å². The molecule has 6 heteroatoms. The minimum Gasteiger partial charge on any atom is -0.306 e. The number of hydrogen-bond donors (Lipinski definition) is 1. The molecule has 0 fully saturated rings. The highest BCUT2D eigenvalue weighted by molar-refractivity contribution is 5.30. The van der Waals surface area contributed by atoms with Crippen molar-refractivity contribution in [3.63, 3.8) is 0 Å². The molecule has 0 aliphatic heterocycles. The number of rotatable bonds is 4. The van der Waals surface area contributed by atoms with E-state index in [9.17, 15) is 0 Å². The maximum absolute atomic E-state index is 8.87. The molecule has 0 unspecified atom stereocenters. The Morgan fingerprint density at radius 3 is 3.00 bits per heavy atom. The van der Waals surface area contributed by atoms with Crippen LogP contribution in [0.15, 0.2) is 24.7 Å². The van der Waals surface area contributed by atoms with E-state index in [-0.39, 0.29) is 0 Å². The van der Waals surface area contributed by atoms with Crippen LogP contribution in [0, 0.1) is 11.3 Å². The van der Waals surface area contributed by atoms with Crippen LogP contribution in [0.2, 0.25) is 0 Å². The maximum atomic E-state index is 8.87. The van der Waals surface area contributed by atoms with Gasteiger partial charge in [0, 0.05) is 25.4 Å². The number of nitriles is 1. The normalized spacial score (nSPS) is 10.1. The zero-order valence-corrected chi connectivity index (χ0v) is 9.46. The second kappa shape index (κ2) is 5.18. The largest absolute Gasteiger partial charge is 0.306 e. The zero-order valence-electron chi connectivity index (χ0n) is 9.46. The molecule has 0 aliphatic rings. The highest BCUT2D eigenvalue weighted by Gasteiger charge is 2.02. The Bertz CT molecular complexity index is 539. The first-order valence-electron chi connectivity index (χ1n) is 5.19. The van der Waals surface area contributed by atoms with Gasteiger partial charge in [0.1, 0.15) is 18.1 Å². The van der Waals surface area contributed by atoms with Gasteiger partial charge in [0.25, 0.3) is 0 Å². The molecule has 2 rings (SSSR count). The molecular formula is C11H12N6. The first-order chi connectivity index (χ1) is 8.29. The van der Waals surface area contributed by atoms with Crippen molar-refractivity contribution in [3.8, 4) is 6.07 Å². The molecule has 2 aromatic heterocycles. The molecule has 0 saturated carbocycles. The molecule has 86 valence electrons. The summed E-state index contributed by atoms with van der Waals surface area (Å²) in [6.45, 7) is 1.15. The summed E-state index contributed by atoms with van der Waals surface area (Å²) in [5.74, 6) is 0.731. The predicted octanol–water partition coefficient (Wildman–Crippen LogP) is 0.372. The SMILES string of the molecule is Cn1cnc(CNCc2cccnc2C#N)n1. The van der Waals surface area contributed by atoms with Gasteiger partial charge in [-0.25, -0.2) is 9.97 Å². The van der Waals surface area contributed by atoms with Crippen LogP contribution >= 0.6 is 0 Å². The molecule has 17 heavy (non-hydrogen) atoms. The second-order valence-corrected chi connectivity index (χ2v) is 3.56. The molecule has 0 bridgehead atoms. The molecule has 6 nitrogen and oxygen atoms in total. The summed E-state index contributed by atoms with van der Waals surface area (Å²) in [6.07, 6.45) is 3.27. The monoisotopic (exact) mass is 228 g/mol. The zero-order chi connectivity index (χ0) is 12.1. The molecule has 0 saturated heterocycles. The van der Waals surface area contributed by atoms with Crippen LogP contribution in [-0.2, 0) is 20.1 Å². The number of hydrogen-bond acceptors (Lipinski definition) is 5. The summed E-state index contributed by atoms with van der Waals surface area (Å²) >= 11 is 0. The van der Waals surface area contributed by atoms with Crippen molar-refractivity contribution < 1.29 is 0 Å². The lowest BCUT2D eigenvalue weighted by Crippen LogP contribution is -2.15. The molecule has 2 aromatic rings. The van der Waals surface area contributed by atoms with Crippen LogP contribution < -0.4 is 5.32 Å². The fourth-order valence-corrected chi connectivity index (χ4v) is 1.46. The lowest BCUT2D eigenvalue weighted by molar-refractivity contribution is 0.647. The van der Waals surface area contributed by atoms with Crippen molar-refractivity contribution in [1.82, 2.24) is 25.1 Å². The summed E-state index contributed by atoms with van der Waals surface area (Å²) in [6, 6.07) is 5.76. The van der Waals surface area contributed by atoms with Gasteiger partial charge in [-0.15, -0.1) is 0 Å². The molecule has 0 aliphatic carbocycles. The molecule has 2 heterocycles. The van der Waals surface area contributed by atoms with Gasteiger partial charge in [0.15, 0.2) is 5.82 Å². The van der Waals surface area contributed by atoms with E-state index in [4.69, 9.17) is 5.26 Å². The highest BCUT2D eigenvalue weighted by atomic mass is 15.3. The van der Waals surface area contributed by atoms with Crippen LogP contribution in [0.25, 0.3) is 0 Å². The third-order valence-corrected chi connectivity index (χ3v) is 2.24. The fraction of sp³-hybridized carbons (Fsp3) is 0.273. The molecule has 0 aromatic carbocycles. The Morgan fingerprint density at radius 2 is 2.29 bits per heavy atom. The lowest BCUT2D eigenvalue weighted by atomic mass is 10.2. The van der Waals surface area contributed by atoms with E-state index in [2.05, 4.69) is 26.5 Å². The van der Waals surface area contributed by atoms with Crippen LogP contribution in [0.1, 0.15) is 17.1 Å². The van der Waals surface area contributed by atoms with Crippen molar-refractivity contribution in [2.45, 2.75) is 13.1 Å². The van der Waals surface area contributed by atoms with Crippen LogP contribution in [0.4, 0.5) is 0 Å². The van der Waals surface area contributed by atoms with E-state index in [1.54, 1.807) is 17.2 Å². The van der Waals surface area contributed by atoms with E-state index in [1.165, 1.54) is 0 Å². The highest BCUT2D eigenvalue weighted by Crippen LogP contribution is 2.03. The predicted molar refractivity (Wildman–Crippen MR) is 60.5 cm³/mol. The van der Waals surface area contributed by atoms with E-state index in [1.807, 2.05) is 19.2 Å². The van der Waals surface area contributed by atoms with Gasteiger partial charge in [0.2, 0.25) is 0 Å². The van der Waals surface area contributed by atoms with Gasteiger partial charge in [-0.2, -0.15) is 10.4 Å². The Labute approximate surface area is 98.9 Å². The maximum Gasteiger partial charge on any atom is 0.164 e. The van der Waals surface area contributed by atoms with E-state index >= 15 is 0 Å². The quantitative estimate of drug-likeness (QED) is 0.818. The van der Waals surface area contributed by atoms with Crippen molar-refractivity contribution in [3.05, 3.63) is 41.7 Å². The third kappa shape index (κ3) is 2.86. The number of pyridine rings is 1. The average molecular weight is 228 g/mol. The first kappa shape index (κ1) is 11.2. The summed E-state index contributed by atoms with van der Waals surface area (Å²) in [5, 5.41) is 16.2. The molecule has 0 spiro atoms. The summed E-state index contributed by atoms with van der Waals surface area (Å²) in [4.78, 5) is 8.09. The number of aromatic nitrogens is 4. The minimum atomic E-state index is 0.453. The van der Waals surface area contributed by atoms with Gasteiger partial charge in [-0.3, -0.25) is 4.68 Å². The average Bonchev–Trinajstić information content (AvgIpc) is 2.76. The van der Waals surface area contributed by atoms with Gasteiger partial charge in [-0.1, -0.05) is 6.07 Å². The van der Waals surface area contributed by atoms with Gasteiger partial charge >= 0.3 is 0 Å².